The van der Waals surface area contributed by atoms with Gasteiger partial charge in [-0.05, 0) is 12.8 Å². The molecule has 0 radical (unpaired) electrons. The number of carboxylic acids is 1. The second kappa shape index (κ2) is 22.4. The summed E-state index contributed by atoms with van der Waals surface area (Å²) in [6, 6.07) is -0.652. The van der Waals surface area contributed by atoms with E-state index in [1.165, 1.54) is 0 Å². The average Bonchev–Trinajstić information content (AvgIpc) is 2.59. The summed E-state index contributed by atoms with van der Waals surface area (Å²) < 4.78 is 20.8. The molecule has 0 aromatic carbocycles. The van der Waals surface area contributed by atoms with E-state index >= 15 is 0 Å². The second-order valence-corrected chi connectivity index (χ2v) is 5.55. The van der Waals surface area contributed by atoms with Crippen LogP contribution in [0.2, 0.25) is 0 Å². The van der Waals surface area contributed by atoms with Crippen LogP contribution in [0.15, 0.2) is 4.99 Å². The van der Waals surface area contributed by atoms with Crippen LogP contribution in [0.4, 0.5) is 0 Å². The fourth-order valence-electron chi connectivity index (χ4n) is 2.23. The number of carbonyl (C=O) groups is 1. The first kappa shape index (κ1) is 31.8. The molecule has 0 aromatic heterocycles. The molecular weight excluding hydrogens is 415 g/mol. The highest BCUT2D eigenvalue weighted by Crippen LogP contribution is 2.08. The Kier molecular flexibility index (Phi) is 25.5. The van der Waals surface area contributed by atoms with Crippen LogP contribution in [-0.4, -0.2) is 101 Å². The minimum absolute atomic E-state index is 0. The third-order valence-electron chi connectivity index (χ3n) is 3.57. The number of guanidine groups is 1. The van der Waals surface area contributed by atoms with Gasteiger partial charge in [0.15, 0.2) is 5.96 Å². The monoisotopic (exact) mass is 450 g/mol. The standard InChI is InChI=1S/C16H34N4O6.2ClH/c1-23-10-12-25-8-6-20(7-9-26-13-11-24-2)14(15(21)22)4-3-5-19-16(17)18;;/h14H,3-13H2,1-2H3,(H,21,22)(H4,17,18,19);2*1H/t14-;;/m0../s1. The maximum Gasteiger partial charge on any atom is 0.320 e. The van der Waals surface area contributed by atoms with Gasteiger partial charge in [-0.1, -0.05) is 0 Å². The first-order valence-corrected chi connectivity index (χ1v) is 8.68. The Hall–Kier alpha value is -0.880. The van der Waals surface area contributed by atoms with E-state index in [1.54, 1.807) is 14.2 Å². The van der Waals surface area contributed by atoms with Crippen molar-refractivity contribution in [3.8, 4) is 0 Å². The van der Waals surface area contributed by atoms with Crippen LogP contribution in [0.3, 0.4) is 0 Å². The lowest BCUT2D eigenvalue weighted by molar-refractivity contribution is -0.144. The maximum atomic E-state index is 11.7. The predicted octanol–water partition coefficient (Wildman–Crippen LogP) is -0.0352. The molecule has 0 saturated carbocycles. The normalized spacial score (nSPS) is 11.4. The lowest BCUT2D eigenvalue weighted by Gasteiger charge is -2.28. The molecule has 0 spiro atoms. The number of rotatable bonds is 18. The quantitative estimate of drug-likeness (QED) is 0.149. The summed E-state index contributed by atoms with van der Waals surface area (Å²) >= 11 is 0. The van der Waals surface area contributed by atoms with E-state index in [9.17, 15) is 9.90 Å². The number of hydrogen-bond acceptors (Lipinski definition) is 7. The molecule has 10 nitrogen and oxygen atoms in total. The number of hydrogen-bond donors (Lipinski definition) is 3. The van der Waals surface area contributed by atoms with Crippen LogP contribution < -0.4 is 11.5 Å². The highest BCUT2D eigenvalue weighted by Gasteiger charge is 2.24. The molecule has 0 amide bonds. The third-order valence-corrected chi connectivity index (χ3v) is 3.57. The Morgan fingerprint density at radius 2 is 1.46 bits per heavy atom. The van der Waals surface area contributed by atoms with Crippen LogP contribution in [0.5, 0.6) is 0 Å². The molecule has 0 saturated heterocycles. The molecular formula is C16H36Cl2N4O6. The lowest BCUT2D eigenvalue weighted by Crippen LogP contribution is -2.45. The second-order valence-electron chi connectivity index (χ2n) is 5.55. The lowest BCUT2D eigenvalue weighted by atomic mass is 10.1. The van der Waals surface area contributed by atoms with Crippen molar-refractivity contribution in [1.29, 1.82) is 0 Å². The molecule has 0 aliphatic heterocycles. The van der Waals surface area contributed by atoms with Gasteiger partial charge in [0.2, 0.25) is 0 Å². The highest BCUT2D eigenvalue weighted by molar-refractivity contribution is 5.85. The summed E-state index contributed by atoms with van der Waals surface area (Å²) in [6.07, 6.45) is 1.00. The Morgan fingerprint density at radius 3 is 1.86 bits per heavy atom. The van der Waals surface area contributed by atoms with Gasteiger partial charge in [-0.3, -0.25) is 14.7 Å². The van der Waals surface area contributed by atoms with Crippen molar-refractivity contribution in [2.45, 2.75) is 18.9 Å². The van der Waals surface area contributed by atoms with Crippen molar-refractivity contribution >= 4 is 36.7 Å². The number of halogens is 2. The molecule has 0 fully saturated rings. The summed E-state index contributed by atoms with van der Waals surface area (Å²) in [5.74, 6) is -0.879. The number of aliphatic imine (C=N–C) groups is 1. The van der Waals surface area contributed by atoms with Gasteiger partial charge in [0, 0.05) is 33.9 Å². The van der Waals surface area contributed by atoms with E-state index in [0.29, 0.717) is 72.1 Å². The largest absolute Gasteiger partial charge is 0.480 e. The van der Waals surface area contributed by atoms with E-state index in [0.717, 1.165) is 0 Å². The number of aliphatic carboxylic acids is 1. The van der Waals surface area contributed by atoms with Gasteiger partial charge < -0.3 is 35.5 Å². The Bertz CT molecular complexity index is 376. The summed E-state index contributed by atoms with van der Waals surface area (Å²) in [5, 5.41) is 9.59. The van der Waals surface area contributed by atoms with Crippen LogP contribution in [0, 0.1) is 0 Å². The van der Waals surface area contributed by atoms with Crippen molar-refractivity contribution in [3.05, 3.63) is 0 Å². The first-order valence-electron chi connectivity index (χ1n) is 8.68. The van der Waals surface area contributed by atoms with E-state index in [2.05, 4.69) is 4.99 Å². The van der Waals surface area contributed by atoms with Crippen molar-refractivity contribution in [3.63, 3.8) is 0 Å². The van der Waals surface area contributed by atoms with Crippen molar-refractivity contribution in [2.24, 2.45) is 16.5 Å². The Balaban J connectivity index is -0.00000312. The van der Waals surface area contributed by atoms with Crippen LogP contribution in [0.1, 0.15) is 12.8 Å². The first-order chi connectivity index (χ1) is 12.5. The Morgan fingerprint density at radius 1 is 0.964 bits per heavy atom. The van der Waals surface area contributed by atoms with Gasteiger partial charge in [0.25, 0.3) is 0 Å². The van der Waals surface area contributed by atoms with Crippen LogP contribution >= 0.6 is 24.8 Å². The molecule has 0 rings (SSSR count). The van der Waals surface area contributed by atoms with Gasteiger partial charge in [-0.25, -0.2) is 0 Å². The molecule has 0 heterocycles. The van der Waals surface area contributed by atoms with Gasteiger partial charge in [-0.2, -0.15) is 0 Å². The smallest absolute Gasteiger partial charge is 0.320 e. The van der Waals surface area contributed by atoms with E-state index < -0.39 is 12.0 Å². The fourth-order valence-corrected chi connectivity index (χ4v) is 2.23. The predicted molar refractivity (Wildman–Crippen MR) is 113 cm³/mol. The molecule has 0 aliphatic carbocycles. The minimum atomic E-state index is -0.886. The van der Waals surface area contributed by atoms with Crippen molar-refractivity contribution in [1.82, 2.24) is 4.90 Å². The van der Waals surface area contributed by atoms with Gasteiger partial charge >= 0.3 is 5.97 Å². The molecule has 1 atom stereocenters. The molecule has 12 heteroatoms. The zero-order chi connectivity index (χ0) is 19.6. The number of nitrogens with two attached hydrogens (primary N) is 2. The van der Waals surface area contributed by atoms with Crippen molar-refractivity contribution in [2.75, 3.05) is 73.5 Å². The van der Waals surface area contributed by atoms with Crippen LogP contribution in [0.25, 0.3) is 0 Å². The highest BCUT2D eigenvalue weighted by atomic mass is 35.5. The molecule has 28 heavy (non-hydrogen) atoms. The average molecular weight is 451 g/mol. The summed E-state index contributed by atoms with van der Waals surface area (Å²) in [4.78, 5) is 17.4. The molecule has 5 N–H and O–H groups in total. The molecule has 0 aliphatic rings. The fraction of sp³-hybridized carbons (Fsp3) is 0.875. The van der Waals surface area contributed by atoms with E-state index in [1.807, 2.05) is 4.90 Å². The Labute approximate surface area is 179 Å². The van der Waals surface area contributed by atoms with Gasteiger partial charge in [0.05, 0.1) is 39.6 Å². The summed E-state index contributed by atoms with van der Waals surface area (Å²) in [5.41, 5.74) is 10.6. The SMILES string of the molecule is COCCOCCN(CCOCCOC)[C@@H](CCCN=C(N)N)C(=O)O.Cl.Cl. The number of nitrogens with zero attached hydrogens (tertiary/aromatic N) is 2. The number of carboxylic acid groups (broad SMARTS) is 1. The summed E-state index contributed by atoms with van der Waals surface area (Å²) in [6.45, 7) is 4.13. The number of ether oxygens (including phenoxy) is 4. The molecule has 0 bridgehead atoms. The zero-order valence-electron chi connectivity index (χ0n) is 16.7. The maximum absolute atomic E-state index is 11.7. The minimum Gasteiger partial charge on any atom is -0.480 e. The topological polar surface area (TPSA) is 142 Å². The molecule has 0 aromatic rings. The van der Waals surface area contributed by atoms with E-state index in [-0.39, 0.29) is 30.8 Å². The van der Waals surface area contributed by atoms with Crippen molar-refractivity contribution < 1.29 is 28.8 Å². The van der Waals surface area contributed by atoms with E-state index in [4.69, 9.17) is 30.4 Å². The van der Waals surface area contributed by atoms with Crippen LogP contribution in [-0.2, 0) is 23.7 Å². The molecule has 170 valence electrons. The summed E-state index contributed by atoms with van der Waals surface area (Å²) in [7, 11) is 3.20. The third kappa shape index (κ3) is 18.5. The van der Waals surface area contributed by atoms with Gasteiger partial charge in [-0.15, -0.1) is 24.8 Å². The van der Waals surface area contributed by atoms with Gasteiger partial charge in [0.1, 0.15) is 6.04 Å². The number of methoxy groups -OCH3 is 2. The zero-order valence-corrected chi connectivity index (χ0v) is 18.3. The molecule has 0 unspecified atom stereocenters.